The number of amides is 1. The molecule has 0 aromatic heterocycles. The fourth-order valence-corrected chi connectivity index (χ4v) is 4.81. The first-order valence-corrected chi connectivity index (χ1v) is 11.4. The molecular weight excluding hydrogens is 410 g/mol. The predicted molar refractivity (Wildman–Crippen MR) is 116 cm³/mol. The number of hydrogen-bond donors (Lipinski definition) is 1. The number of piperazine rings is 1. The van der Waals surface area contributed by atoms with Gasteiger partial charge in [-0.05, 0) is 62.2 Å². The Hall–Kier alpha value is -2.09. The highest BCUT2D eigenvalue weighted by atomic mass is 35.5. The summed E-state index contributed by atoms with van der Waals surface area (Å²) in [4.78, 5) is 16.9. The third kappa shape index (κ3) is 4.91. The van der Waals surface area contributed by atoms with Crippen LogP contribution in [0, 0.1) is 13.8 Å². The van der Waals surface area contributed by atoms with E-state index in [1.54, 1.807) is 11.8 Å². The Balaban J connectivity index is 1.61. The van der Waals surface area contributed by atoms with Gasteiger partial charge in [-0.2, -0.15) is 4.72 Å². The van der Waals surface area contributed by atoms with Gasteiger partial charge in [0, 0.05) is 36.9 Å². The summed E-state index contributed by atoms with van der Waals surface area (Å²) in [7, 11) is -3.79. The molecule has 0 aliphatic carbocycles. The lowest BCUT2D eigenvalue weighted by molar-refractivity contribution is -0.132. The molecule has 8 heteroatoms. The summed E-state index contributed by atoms with van der Waals surface area (Å²) in [5.41, 5.74) is 3.68. The van der Waals surface area contributed by atoms with Crippen molar-refractivity contribution in [3.63, 3.8) is 0 Å². The number of nitrogens with zero attached hydrogens (tertiary/aromatic N) is 2. The van der Waals surface area contributed by atoms with Crippen molar-refractivity contribution >= 4 is 33.2 Å². The normalized spacial score (nSPS) is 16.0. The summed E-state index contributed by atoms with van der Waals surface area (Å²) in [6.07, 6.45) is 0. The van der Waals surface area contributed by atoms with Crippen LogP contribution in [0.3, 0.4) is 0 Å². The zero-order valence-corrected chi connectivity index (χ0v) is 18.4. The number of rotatable bonds is 5. The van der Waals surface area contributed by atoms with Crippen LogP contribution in [0.25, 0.3) is 0 Å². The molecule has 1 heterocycles. The van der Waals surface area contributed by atoms with Gasteiger partial charge < -0.3 is 9.80 Å². The summed E-state index contributed by atoms with van der Waals surface area (Å²) in [5.74, 6) is -0.219. The van der Waals surface area contributed by atoms with Crippen LogP contribution in [0.5, 0.6) is 0 Å². The number of benzene rings is 2. The van der Waals surface area contributed by atoms with E-state index in [-0.39, 0.29) is 10.8 Å². The number of carbonyl (C=O) groups excluding carboxylic acids is 1. The van der Waals surface area contributed by atoms with Gasteiger partial charge in [-0.15, -0.1) is 0 Å². The van der Waals surface area contributed by atoms with Gasteiger partial charge in [0.1, 0.15) is 0 Å². The lowest BCUT2D eigenvalue weighted by atomic mass is 10.1. The first-order valence-electron chi connectivity index (χ1n) is 9.57. The standard InChI is InChI=1S/C21H26ClN3O3S/c1-15-5-4-6-20(16(15)2)24-11-13-25(14-12-24)21(26)17(3)23-29(27,28)19-9-7-18(22)8-10-19/h4-10,17,23H,11-14H2,1-3H3/t17-/m0/s1. The monoisotopic (exact) mass is 435 g/mol. The van der Waals surface area contributed by atoms with Crippen molar-refractivity contribution in [1.29, 1.82) is 0 Å². The molecule has 2 aromatic carbocycles. The van der Waals surface area contributed by atoms with E-state index in [0.29, 0.717) is 31.2 Å². The number of hydrogen-bond acceptors (Lipinski definition) is 4. The lowest BCUT2D eigenvalue weighted by Gasteiger charge is -2.38. The zero-order valence-electron chi connectivity index (χ0n) is 16.9. The van der Waals surface area contributed by atoms with E-state index >= 15 is 0 Å². The molecule has 1 N–H and O–H groups in total. The largest absolute Gasteiger partial charge is 0.368 e. The molecule has 0 unspecified atom stereocenters. The van der Waals surface area contributed by atoms with Crippen molar-refractivity contribution in [2.45, 2.75) is 31.7 Å². The van der Waals surface area contributed by atoms with Gasteiger partial charge in [-0.1, -0.05) is 23.7 Å². The van der Waals surface area contributed by atoms with Crippen molar-refractivity contribution in [2.75, 3.05) is 31.1 Å². The SMILES string of the molecule is Cc1cccc(N2CCN(C(=O)[C@H](C)NS(=O)(=O)c3ccc(Cl)cc3)CC2)c1C. The average Bonchev–Trinajstić information content (AvgIpc) is 2.69. The molecule has 1 saturated heterocycles. The molecule has 3 rings (SSSR count). The van der Waals surface area contributed by atoms with Crippen molar-refractivity contribution in [3.05, 3.63) is 58.6 Å². The van der Waals surface area contributed by atoms with Gasteiger partial charge in [-0.3, -0.25) is 4.79 Å². The van der Waals surface area contributed by atoms with Crippen LogP contribution >= 0.6 is 11.6 Å². The third-order valence-corrected chi connectivity index (χ3v) is 7.14. The maximum absolute atomic E-state index is 12.8. The van der Waals surface area contributed by atoms with E-state index in [1.165, 1.54) is 41.1 Å². The van der Waals surface area contributed by atoms with Crippen LogP contribution in [0.4, 0.5) is 5.69 Å². The lowest BCUT2D eigenvalue weighted by Crippen LogP contribution is -2.54. The Morgan fingerprint density at radius 2 is 1.66 bits per heavy atom. The number of anilines is 1. The second kappa shape index (κ2) is 8.73. The van der Waals surface area contributed by atoms with Crippen LogP contribution in [0.15, 0.2) is 47.4 Å². The number of halogens is 1. The molecule has 0 saturated carbocycles. The van der Waals surface area contributed by atoms with Gasteiger partial charge in [0.15, 0.2) is 0 Å². The Labute approximate surface area is 177 Å². The first kappa shape index (κ1) is 21.6. The summed E-state index contributed by atoms with van der Waals surface area (Å²) in [6.45, 7) is 8.31. The molecule has 156 valence electrons. The molecule has 1 amide bonds. The van der Waals surface area contributed by atoms with Crippen molar-refractivity contribution in [3.8, 4) is 0 Å². The predicted octanol–water partition coefficient (Wildman–Crippen LogP) is 2.97. The van der Waals surface area contributed by atoms with Crippen LogP contribution in [0.2, 0.25) is 5.02 Å². The zero-order chi connectivity index (χ0) is 21.2. The van der Waals surface area contributed by atoms with E-state index in [1.807, 2.05) is 6.07 Å². The van der Waals surface area contributed by atoms with Crippen molar-refractivity contribution in [1.82, 2.24) is 9.62 Å². The van der Waals surface area contributed by atoms with Crippen LogP contribution in [-0.4, -0.2) is 51.4 Å². The Morgan fingerprint density at radius 3 is 2.28 bits per heavy atom. The minimum atomic E-state index is -3.79. The van der Waals surface area contributed by atoms with Crippen LogP contribution in [0.1, 0.15) is 18.1 Å². The van der Waals surface area contributed by atoms with Crippen molar-refractivity contribution in [2.24, 2.45) is 0 Å². The molecule has 1 aliphatic rings. The van der Waals surface area contributed by atoms with E-state index in [9.17, 15) is 13.2 Å². The highest BCUT2D eigenvalue weighted by Crippen LogP contribution is 2.24. The van der Waals surface area contributed by atoms with Gasteiger partial charge in [0.2, 0.25) is 15.9 Å². The van der Waals surface area contributed by atoms with Gasteiger partial charge in [0.05, 0.1) is 10.9 Å². The molecule has 1 fully saturated rings. The average molecular weight is 436 g/mol. The van der Waals surface area contributed by atoms with E-state index in [2.05, 4.69) is 35.6 Å². The molecule has 1 atom stereocenters. The maximum atomic E-state index is 12.8. The molecule has 0 spiro atoms. The molecule has 0 radical (unpaired) electrons. The summed E-state index contributed by atoms with van der Waals surface area (Å²) >= 11 is 5.81. The summed E-state index contributed by atoms with van der Waals surface area (Å²) in [6, 6.07) is 11.3. The molecule has 1 aliphatic heterocycles. The van der Waals surface area contributed by atoms with Crippen molar-refractivity contribution < 1.29 is 13.2 Å². The molecule has 29 heavy (non-hydrogen) atoms. The fraction of sp³-hybridized carbons (Fsp3) is 0.381. The third-order valence-electron chi connectivity index (χ3n) is 5.33. The fourth-order valence-electron chi connectivity index (χ4n) is 3.48. The maximum Gasteiger partial charge on any atom is 0.241 e. The Morgan fingerprint density at radius 1 is 1.03 bits per heavy atom. The smallest absolute Gasteiger partial charge is 0.241 e. The number of aryl methyl sites for hydroxylation is 1. The first-order chi connectivity index (χ1) is 13.7. The minimum Gasteiger partial charge on any atom is -0.368 e. The second-order valence-corrected chi connectivity index (χ2v) is 9.48. The highest BCUT2D eigenvalue weighted by Gasteiger charge is 2.28. The number of carbonyl (C=O) groups is 1. The highest BCUT2D eigenvalue weighted by molar-refractivity contribution is 7.89. The summed E-state index contributed by atoms with van der Waals surface area (Å²) < 4.78 is 27.5. The Kier molecular flexibility index (Phi) is 6.51. The van der Waals surface area contributed by atoms with E-state index in [4.69, 9.17) is 11.6 Å². The van der Waals surface area contributed by atoms with E-state index < -0.39 is 16.1 Å². The number of sulfonamides is 1. The molecule has 0 bridgehead atoms. The van der Waals surface area contributed by atoms with E-state index in [0.717, 1.165) is 0 Å². The molecule has 2 aromatic rings. The number of nitrogens with one attached hydrogen (secondary N) is 1. The second-order valence-electron chi connectivity index (χ2n) is 7.33. The quantitative estimate of drug-likeness (QED) is 0.783. The van der Waals surface area contributed by atoms with Gasteiger partial charge in [0.25, 0.3) is 0 Å². The van der Waals surface area contributed by atoms with Crippen LogP contribution < -0.4 is 9.62 Å². The summed E-state index contributed by atoms with van der Waals surface area (Å²) in [5, 5.41) is 0.454. The van der Waals surface area contributed by atoms with Gasteiger partial charge in [-0.25, -0.2) is 8.42 Å². The van der Waals surface area contributed by atoms with Crippen LogP contribution in [-0.2, 0) is 14.8 Å². The minimum absolute atomic E-state index is 0.0845. The molecule has 6 nitrogen and oxygen atoms in total. The molecular formula is C21H26ClN3O3S. The van der Waals surface area contributed by atoms with Gasteiger partial charge >= 0.3 is 0 Å². The topological polar surface area (TPSA) is 69.7 Å². The Bertz CT molecular complexity index is 985.